The predicted octanol–water partition coefficient (Wildman–Crippen LogP) is 0.747. The number of halogens is 1. The van der Waals surface area contributed by atoms with Crippen LogP contribution in [0.3, 0.4) is 0 Å². The summed E-state index contributed by atoms with van der Waals surface area (Å²) in [4.78, 5) is 28.2. The number of methoxy groups -OCH3 is 1. The van der Waals surface area contributed by atoms with Gasteiger partial charge in [-0.25, -0.2) is 9.37 Å². The predicted molar refractivity (Wildman–Crippen MR) is 56.7 cm³/mol. The number of ether oxygens (including phenoxy) is 1. The first-order valence-corrected chi connectivity index (χ1v) is 5.11. The topological polar surface area (TPSA) is 59.5 Å². The van der Waals surface area contributed by atoms with E-state index in [1.165, 1.54) is 24.1 Å². The highest BCUT2D eigenvalue weighted by Gasteiger charge is 2.36. The van der Waals surface area contributed by atoms with E-state index in [1.807, 2.05) is 0 Å². The van der Waals surface area contributed by atoms with E-state index in [-0.39, 0.29) is 18.9 Å². The molecule has 1 aromatic rings. The highest BCUT2D eigenvalue weighted by Crippen LogP contribution is 2.24. The van der Waals surface area contributed by atoms with Crippen molar-refractivity contribution in [3.63, 3.8) is 0 Å². The smallest absolute Gasteiger partial charge is 0.311 e. The Morgan fingerprint density at radius 1 is 1.59 bits per heavy atom. The third kappa shape index (κ3) is 2.25. The number of nitrogens with zero attached hydrogens (tertiary/aromatic N) is 2. The Balaban J connectivity index is 2.15. The lowest BCUT2D eigenvalue weighted by Crippen LogP contribution is -2.26. The van der Waals surface area contributed by atoms with Crippen molar-refractivity contribution >= 4 is 17.7 Å². The normalized spacial score (nSPS) is 19.5. The molecule has 1 unspecified atom stereocenters. The molecule has 1 fully saturated rings. The Bertz CT molecular complexity index is 447. The van der Waals surface area contributed by atoms with E-state index in [4.69, 9.17) is 0 Å². The molecule has 1 aliphatic heterocycles. The van der Waals surface area contributed by atoms with Crippen LogP contribution in [0.1, 0.15) is 6.42 Å². The Morgan fingerprint density at radius 3 is 2.94 bits per heavy atom. The average molecular weight is 238 g/mol. The van der Waals surface area contributed by atoms with Gasteiger partial charge in [-0.05, 0) is 12.1 Å². The van der Waals surface area contributed by atoms with Crippen LogP contribution in [0.2, 0.25) is 0 Å². The molecule has 1 aromatic heterocycles. The Labute approximate surface area is 97.2 Å². The van der Waals surface area contributed by atoms with Gasteiger partial charge in [-0.3, -0.25) is 14.5 Å². The van der Waals surface area contributed by atoms with Crippen molar-refractivity contribution in [1.82, 2.24) is 4.98 Å². The standard InChI is InChI=1S/C11H11FN2O3/c1-17-11(16)7-4-10(15)14(6-7)9-3-2-8(12)5-13-9/h2-3,5,7H,4,6H2,1H3. The fourth-order valence-corrected chi connectivity index (χ4v) is 1.78. The minimum Gasteiger partial charge on any atom is -0.469 e. The molecule has 0 aromatic carbocycles. The van der Waals surface area contributed by atoms with Crippen molar-refractivity contribution in [2.75, 3.05) is 18.6 Å². The molecule has 2 rings (SSSR count). The number of hydrogen-bond donors (Lipinski definition) is 0. The number of carbonyl (C=O) groups excluding carboxylic acids is 2. The lowest BCUT2D eigenvalue weighted by molar-refractivity contribution is -0.145. The molecule has 0 aliphatic carbocycles. The summed E-state index contributed by atoms with van der Waals surface area (Å²) >= 11 is 0. The van der Waals surface area contributed by atoms with Crippen LogP contribution in [0.4, 0.5) is 10.2 Å². The molecule has 6 heteroatoms. The summed E-state index contributed by atoms with van der Waals surface area (Å²) in [5, 5.41) is 0. The average Bonchev–Trinajstić information content (AvgIpc) is 2.71. The van der Waals surface area contributed by atoms with Gasteiger partial charge in [0.25, 0.3) is 0 Å². The quantitative estimate of drug-likeness (QED) is 0.713. The van der Waals surface area contributed by atoms with Crippen molar-refractivity contribution in [3.05, 3.63) is 24.1 Å². The minimum atomic E-state index is -0.473. The third-order valence-electron chi connectivity index (χ3n) is 2.65. The van der Waals surface area contributed by atoms with Crippen molar-refractivity contribution in [1.29, 1.82) is 0 Å². The van der Waals surface area contributed by atoms with Crippen LogP contribution in [0.15, 0.2) is 18.3 Å². The third-order valence-corrected chi connectivity index (χ3v) is 2.65. The van der Waals surface area contributed by atoms with Gasteiger partial charge in [-0.1, -0.05) is 0 Å². The summed E-state index contributed by atoms with van der Waals surface area (Å²) in [5.74, 6) is -1.21. The maximum absolute atomic E-state index is 12.7. The van der Waals surface area contributed by atoms with E-state index in [0.29, 0.717) is 5.82 Å². The van der Waals surface area contributed by atoms with Gasteiger partial charge in [0.05, 0.1) is 19.2 Å². The molecule has 0 saturated carbocycles. The second-order valence-corrected chi connectivity index (χ2v) is 3.76. The zero-order chi connectivity index (χ0) is 12.4. The zero-order valence-corrected chi connectivity index (χ0v) is 9.22. The largest absolute Gasteiger partial charge is 0.469 e. The molecule has 5 nitrogen and oxygen atoms in total. The first-order valence-electron chi connectivity index (χ1n) is 5.11. The molecule has 1 saturated heterocycles. The van der Waals surface area contributed by atoms with E-state index in [2.05, 4.69) is 9.72 Å². The number of rotatable bonds is 2. The fraction of sp³-hybridized carbons (Fsp3) is 0.364. The molecular weight excluding hydrogens is 227 g/mol. The van der Waals surface area contributed by atoms with Crippen LogP contribution >= 0.6 is 0 Å². The molecule has 0 N–H and O–H groups in total. The lowest BCUT2D eigenvalue weighted by atomic mass is 10.1. The number of hydrogen-bond acceptors (Lipinski definition) is 4. The second kappa shape index (κ2) is 4.48. The Morgan fingerprint density at radius 2 is 2.35 bits per heavy atom. The molecule has 17 heavy (non-hydrogen) atoms. The van der Waals surface area contributed by atoms with E-state index in [0.717, 1.165) is 6.20 Å². The van der Waals surface area contributed by atoms with Crippen molar-refractivity contribution < 1.29 is 18.7 Å². The summed E-state index contributed by atoms with van der Waals surface area (Å²) in [7, 11) is 1.28. The maximum atomic E-state index is 12.7. The highest BCUT2D eigenvalue weighted by molar-refractivity contribution is 5.98. The molecule has 2 heterocycles. The van der Waals surface area contributed by atoms with Gasteiger partial charge in [0.2, 0.25) is 5.91 Å². The second-order valence-electron chi connectivity index (χ2n) is 3.76. The molecule has 1 atom stereocenters. The Hall–Kier alpha value is -1.98. The van der Waals surface area contributed by atoms with Gasteiger partial charge in [0.15, 0.2) is 0 Å². The van der Waals surface area contributed by atoms with Crippen LogP contribution in [-0.2, 0) is 14.3 Å². The number of carbonyl (C=O) groups is 2. The van der Waals surface area contributed by atoms with Crippen LogP contribution in [0, 0.1) is 11.7 Å². The van der Waals surface area contributed by atoms with Gasteiger partial charge in [0, 0.05) is 13.0 Å². The molecule has 0 bridgehead atoms. The lowest BCUT2D eigenvalue weighted by Gasteiger charge is -2.14. The molecule has 90 valence electrons. The van der Waals surface area contributed by atoms with Crippen molar-refractivity contribution in [3.8, 4) is 0 Å². The molecule has 0 spiro atoms. The van der Waals surface area contributed by atoms with E-state index >= 15 is 0 Å². The SMILES string of the molecule is COC(=O)C1CC(=O)N(c2ccc(F)cn2)C1. The van der Waals surface area contributed by atoms with E-state index in [9.17, 15) is 14.0 Å². The van der Waals surface area contributed by atoms with E-state index in [1.54, 1.807) is 0 Å². The van der Waals surface area contributed by atoms with Crippen LogP contribution in [0.25, 0.3) is 0 Å². The summed E-state index contributed by atoms with van der Waals surface area (Å²) in [6, 6.07) is 2.63. The number of anilines is 1. The zero-order valence-electron chi connectivity index (χ0n) is 9.22. The summed E-state index contributed by atoms with van der Waals surface area (Å²) < 4.78 is 17.3. The van der Waals surface area contributed by atoms with Gasteiger partial charge in [-0.2, -0.15) is 0 Å². The van der Waals surface area contributed by atoms with Crippen LogP contribution in [0.5, 0.6) is 0 Å². The summed E-state index contributed by atoms with van der Waals surface area (Å²) in [6.45, 7) is 0.226. The molecule has 1 aliphatic rings. The number of amides is 1. The van der Waals surface area contributed by atoms with Gasteiger partial charge < -0.3 is 4.74 Å². The summed E-state index contributed by atoms with van der Waals surface area (Å²) in [5.41, 5.74) is 0. The van der Waals surface area contributed by atoms with Crippen molar-refractivity contribution in [2.24, 2.45) is 5.92 Å². The molecular formula is C11H11FN2O3. The first kappa shape index (κ1) is 11.5. The number of pyridine rings is 1. The summed E-state index contributed by atoms with van der Waals surface area (Å²) in [6.07, 6.45) is 1.14. The fourth-order valence-electron chi connectivity index (χ4n) is 1.78. The Kier molecular flexibility index (Phi) is 3.03. The highest BCUT2D eigenvalue weighted by atomic mass is 19.1. The number of esters is 1. The molecule has 1 amide bonds. The van der Waals surface area contributed by atoms with Gasteiger partial charge >= 0.3 is 5.97 Å². The first-order chi connectivity index (χ1) is 8.11. The monoisotopic (exact) mass is 238 g/mol. The van der Waals surface area contributed by atoms with E-state index < -0.39 is 17.7 Å². The maximum Gasteiger partial charge on any atom is 0.311 e. The van der Waals surface area contributed by atoms with Gasteiger partial charge in [0.1, 0.15) is 11.6 Å². The van der Waals surface area contributed by atoms with Crippen LogP contribution in [-0.4, -0.2) is 30.5 Å². The number of aromatic nitrogens is 1. The van der Waals surface area contributed by atoms with Crippen LogP contribution < -0.4 is 4.90 Å². The minimum absolute atomic E-state index is 0.103. The molecule has 0 radical (unpaired) electrons. The van der Waals surface area contributed by atoms with Gasteiger partial charge in [-0.15, -0.1) is 0 Å². The van der Waals surface area contributed by atoms with Crippen molar-refractivity contribution in [2.45, 2.75) is 6.42 Å².